The summed E-state index contributed by atoms with van der Waals surface area (Å²) in [6.07, 6.45) is 1.64. The third kappa shape index (κ3) is 4.10. The topological polar surface area (TPSA) is 92.7 Å². The summed E-state index contributed by atoms with van der Waals surface area (Å²) < 4.78 is 1.64. The van der Waals surface area contributed by atoms with E-state index in [0.29, 0.717) is 27.9 Å². The largest absolute Gasteiger partial charge is 0.353 e. The Bertz CT molecular complexity index is 943. The number of amides is 1. The van der Waals surface area contributed by atoms with Crippen LogP contribution in [0, 0.1) is 12.8 Å². The molecular weight excluding hydrogens is 358 g/mol. The number of fused-ring (bicyclic) bond motifs is 1. The van der Waals surface area contributed by atoms with Gasteiger partial charge in [0.15, 0.2) is 10.3 Å². The predicted molar refractivity (Wildman–Crippen MR) is 101 cm³/mol. The standard InChI is InChI=1S/C16H19N5O2S2/c1-9(2)7-21-14(23)13-11(6-10(3)18-13)19-16(21)25-8-12(22)20-15-17-4-5-24-15/h4-6,9,18H,7-8H2,1-3H3,(H,17,20,22). The molecule has 1 amide bonds. The molecule has 3 heterocycles. The van der Waals surface area contributed by atoms with Crippen LogP contribution in [0.5, 0.6) is 0 Å². The van der Waals surface area contributed by atoms with E-state index in [0.717, 1.165) is 5.69 Å². The van der Waals surface area contributed by atoms with Gasteiger partial charge in [0, 0.05) is 23.8 Å². The minimum Gasteiger partial charge on any atom is -0.353 e. The molecular formula is C16H19N5O2S2. The maximum absolute atomic E-state index is 12.8. The summed E-state index contributed by atoms with van der Waals surface area (Å²) in [6.45, 7) is 6.53. The molecule has 0 aromatic carbocycles. The monoisotopic (exact) mass is 377 g/mol. The second-order valence-corrected chi connectivity index (χ2v) is 7.93. The minimum absolute atomic E-state index is 0.102. The second-order valence-electron chi connectivity index (χ2n) is 6.09. The molecule has 0 atom stereocenters. The Morgan fingerprint density at radius 1 is 1.48 bits per heavy atom. The number of rotatable bonds is 6. The van der Waals surface area contributed by atoms with Crippen LogP contribution in [0.25, 0.3) is 11.0 Å². The number of nitrogens with one attached hydrogen (secondary N) is 2. The normalized spacial score (nSPS) is 11.4. The molecule has 0 aliphatic heterocycles. The van der Waals surface area contributed by atoms with E-state index in [-0.39, 0.29) is 23.1 Å². The molecule has 3 rings (SSSR count). The van der Waals surface area contributed by atoms with Crippen molar-refractivity contribution in [3.8, 4) is 0 Å². The number of hydrogen-bond donors (Lipinski definition) is 2. The molecule has 0 fully saturated rings. The summed E-state index contributed by atoms with van der Waals surface area (Å²) in [6, 6.07) is 1.84. The molecule has 25 heavy (non-hydrogen) atoms. The zero-order chi connectivity index (χ0) is 18.0. The Kier molecular flexibility index (Phi) is 5.24. The first-order valence-electron chi connectivity index (χ1n) is 7.86. The van der Waals surface area contributed by atoms with Crippen molar-refractivity contribution in [2.75, 3.05) is 11.1 Å². The van der Waals surface area contributed by atoms with E-state index in [1.807, 2.05) is 26.8 Å². The van der Waals surface area contributed by atoms with Crippen molar-refractivity contribution >= 4 is 45.2 Å². The lowest BCUT2D eigenvalue weighted by molar-refractivity contribution is -0.113. The van der Waals surface area contributed by atoms with E-state index in [1.165, 1.54) is 23.1 Å². The summed E-state index contributed by atoms with van der Waals surface area (Å²) in [5, 5.41) is 5.65. The molecule has 0 saturated heterocycles. The van der Waals surface area contributed by atoms with Gasteiger partial charge in [-0.1, -0.05) is 25.6 Å². The van der Waals surface area contributed by atoms with Gasteiger partial charge in [-0.05, 0) is 18.9 Å². The van der Waals surface area contributed by atoms with Crippen molar-refractivity contribution in [2.24, 2.45) is 5.92 Å². The highest BCUT2D eigenvalue weighted by atomic mass is 32.2. The Labute approximate surface area is 152 Å². The molecule has 0 aliphatic carbocycles. The smallest absolute Gasteiger partial charge is 0.278 e. The van der Waals surface area contributed by atoms with Crippen LogP contribution in [0.3, 0.4) is 0 Å². The van der Waals surface area contributed by atoms with Crippen LogP contribution < -0.4 is 10.9 Å². The highest BCUT2D eigenvalue weighted by molar-refractivity contribution is 7.99. The SMILES string of the molecule is Cc1cc2nc(SCC(=O)Nc3nccs3)n(CC(C)C)c(=O)c2[nH]1. The Balaban J connectivity index is 1.85. The fourth-order valence-electron chi connectivity index (χ4n) is 2.42. The average Bonchev–Trinajstić information content (AvgIpc) is 3.17. The number of thiazole rings is 1. The number of H-pyrrole nitrogens is 1. The van der Waals surface area contributed by atoms with E-state index in [4.69, 9.17) is 0 Å². The van der Waals surface area contributed by atoms with Crippen LogP contribution >= 0.6 is 23.1 Å². The first-order chi connectivity index (χ1) is 11.9. The average molecular weight is 377 g/mol. The number of carbonyl (C=O) groups is 1. The van der Waals surface area contributed by atoms with Gasteiger partial charge in [-0.2, -0.15) is 0 Å². The summed E-state index contributed by atoms with van der Waals surface area (Å²) in [5.41, 5.74) is 1.93. The van der Waals surface area contributed by atoms with Crippen LogP contribution in [0.1, 0.15) is 19.5 Å². The quantitative estimate of drug-likeness (QED) is 0.509. The second kappa shape index (κ2) is 7.40. The Hall–Kier alpha value is -2.13. The molecule has 7 nitrogen and oxygen atoms in total. The third-order valence-corrected chi connectivity index (χ3v) is 5.06. The molecule has 9 heteroatoms. The van der Waals surface area contributed by atoms with Crippen LogP contribution in [-0.2, 0) is 11.3 Å². The van der Waals surface area contributed by atoms with E-state index >= 15 is 0 Å². The minimum atomic E-state index is -0.171. The number of nitrogens with zero attached hydrogens (tertiary/aromatic N) is 3. The van der Waals surface area contributed by atoms with Crippen LogP contribution in [0.2, 0.25) is 0 Å². The Morgan fingerprint density at radius 3 is 2.96 bits per heavy atom. The lowest BCUT2D eigenvalue weighted by atomic mass is 10.2. The molecule has 132 valence electrons. The highest BCUT2D eigenvalue weighted by Gasteiger charge is 2.16. The predicted octanol–water partition coefficient (Wildman–Crippen LogP) is 2.88. The van der Waals surface area contributed by atoms with Gasteiger partial charge in [0.1, 0.15) is 5.52 Å². The van der Waals surface area contributed by atoms with E-state index in [9.17, 15) is 9.59 Å². The number of thioether (sulfide) groups is 1. The highest BCUT2D eigenvalue weighted by Crippen LogP contribution is 2.20. The molecule has 2 N–H and O–H groups in total. The van der Waals surface area contributed by atoms with Gasteiger partial charge >= 0.3 is 0 Å². The van der Waals surface area contributed by atoms with Crippen molar-refractivity contribution in [1.82, 2.24) is 19.5 Å². The lowest BCUT2D eigenvalue weighted by Crippen LogP contribution is -2.26. The fourth-order valence-corrected chi connectivity index (χ4v) is 3.77. The van der Waals surface area contributed by atoms with Crippen molar-refractivity contribution in [3.05, 3.63) is 33.7 Å². The molecule has 0 spiro atoms. The van der Waals surface area contributed by atoms with Gasteiger partial charge in [0.05, 0.1) is 11.3 Å². The van der Waals surface area contributed by atoms with Crippen LogP contribution in [0.4, 0.5) is 5.13 Å². The maximum Gasteiger partial charge on any atom is 0.278 e. The van der Waals surface area contributed by atoms with Gasteiger partial charge in [-0.25, -0.2) is 9.97 Å². The number of aryl methyl sites for hydroxylation is 1. The summed E-state index contributed by atoms with van der Waals surface area (Å²) in [4.78, 5) is 36.5. The van der Waals surface area contributed by atoms with Crippen molar-refractivity contribution in [2.45, 2.75) is 32.5 Å². The molecule has 3 aromatic heterocycles. The molecule has 3 aromatic rings. The number of aromatic amines is 1. The number of anilines is 1. The molecule has 0 bridgehead atoms. The van der Waals surface area contributed by atoms with Crippen LogP contribution in [-0.4, -0.2) is 31.2 Å². The summed E-state index contributed by atoms with van der Waals surface area (Å²) >= 11 is 2.62. The van der Waals surface area contributed by atoms with Crippen LogP contribution in [0.15, 0.2) is 27.6 Å². The molecule has 0 aliphatic rings. The zero-order valence-corrected chi connectivity index (χ0v) is 15.8. The first kappa shape index (κ1) is 17.7. The maximum atomic E-state index is 12.8. The van der Waals surface area contributed by atoms with Gasteiger partial charge in [-0.3, -0.25) is 14.2 Å². The zero-order valence-electron chi connectivity index (χ0n) is 14.2. The molecule has 0 radical (unpaired) electrons. The molecule has 0 unspecified atom stereocenters. The lowest BCUT2D eigenvalue weighted by Gasteiger charge is -2.13. The number of carbonyl (C=O) groups excluding carboxylic acids is 1. The van der Waals surface area contributed by atoms with Gasteiger partial charge < -0.3 is 10.3 Å². The van der Waals surface area contributed by atoms with Crippen molar-refractivity contribution in [3.63, 3.8) is 0 Å². The summed E-state index contributed by atoms with van der Waals surface area (Å²) in [5.74, 6) is 0.283. The van der Waals surface area contributed by atoms with Crippen molar-refractivity contribution < 1.29 is 4.79 Å². The fraction of sp³-hybridized carbons (Fsp3) is 0.375. The van der Waals surface area contributed by atoms with Crippen molar-refractivity contribution in [1.29, 1.82) is 0 Å². The summed E-state index contributed by atoms with van der Waals surface area (Å²) in [7, 11) is 0. The number of aromatic nitrogens is 4. The van der Waals surface area contributed by atoms with E-state index < -0.39 is 0 Å². The van der Waals surface area contributed by atoms with Gasteiger partial charge in [-0.15, -0.1) is 11.3 Å². The molecule has 0 saturated carbocycles. The first-order valence-corrected chi connectivity index (χ1v) is 9.73. The number of hydrogen-bond acceptors (Lipinski definition) is 6. The van der Waals surface area contributed by atoms with Gasteiger partial charge in [0.2, 0.25) is 5.91 Å². The van der Waals surface area contributed by atoms with E-state index in [2.05, 4.69) is 20.3 Å². The van der Waals surface area contributed by atoms with E-state index in [1.54, 1.807) is 16.1 Å². The van der Waals surface area contributed by atoms with Gasteiger partial charge in [0.25, 0.3) is 5.56 Å². The Morgan fingerprint density at radius 2 is 2.28 bits per heavy atom. The third-order valence-electron chi connectivity index (χ3n) is 3.40.